The van der Waals surface area contributed by atoms with E-state index in [0.717, 1.165) is 5.56 Å². The summed E-state index contributed by atoms with van der Waals surface area (Å²) >= 11 is 3.08. The van der Waals surface area contributed by atoms with Crippen LogP contribution in [0.15, 0.2) is 10.5 Å². The molecule has 0 radical (unpaired) electrons. The first-order valence-corrected chi connectivity index (χ1v) is 5.22. The van der Waals surface area contributed by atoms with Crippen molar-refractivity contribution in [2.45, 2.75) is 13.0 Å². The summed E-state index contributed by atoms with van der Waals surface area (Å²) in [6, 6.07) is 1.60. The fourth-order valence-corrected chi connectivity index (χ4v) is 2.00. The Balaban J connectivity index is 3.43. The van der Waals surface area contributed by atoms with Crippen LogP contribution in [0.25, 0.3) is 0 Å². The molecule has 15 heavy (non-hydrogen) atoms. The van der Waals surface area contributed by atoms with Crippen LogP contribution in [-0.4, -0.2) is 18.8 Å². The van der Waals surface area contributed by atoms with Crippen molar-refractivity contribution in [2.24, 2.45) is 5.73 Å². The van der Waals surface area contributed by atoms with E-state index in [9.17, 15) is 9.50 Å². The Bertz CT molecular complexity index is 371. The molecule has 0 heterocycles. The summed E-state index contributed by atoms with van der Waals surface area (Å²) < 4.78 is 19.1. The van der Waals surface area contributed by atoms with Gasteiger partial charge in [-0.1, -0.05) is 0 Å². The molecule has 1 aromatic rings. The van der Waals surface area contributed by atoms with Gasteiger partial charge < -0.3 is 15.6 Å². The minimum atomic E-state index is -1.06. The summed E-state index contributed by atoms with van der Waals surface area (Å²) in [6.07, 6.45) is -1.06. The molecule has 0 aliphatic heterocycles. The Kier molecular flexibility index (Phi) is 4.07. The minimum Gasteiger partial charge on any atom is -0.496 e. The molecule has 0 spiro atoms. The second-order valence-corrected chi connectivity index (χ2v) is 4.04. The zero-order chi connectivity index (χ0) is 11.6. The van der Waals surface area contributed by atoms with Crippen LogP contribution in [0.3, 0.4) is 0 Å². The zero-order valence-corrected chi connectivity index (χ0v) is 10.1. The highest BCUT2D eigenvalue weighted by molar-refractivity contribution is 9.10. The van der Waals surface area contributed by atoms with Crippen molar-refractivity contribution in [3.05, 3.63) is 27.5 Å². The number of halogens is 2. The van der Waals surface area contributed by atoms with E-state index in [1.807, 2.05) is 0 Å². The van der Waals surface area contributed by atoms with Crippen molar-refractivity contribution >= 4 is 15.9 Å². The lowest BCUT2D eigenvalue weighted by Crippen LogP contribution is -2.15. The smallest absolute Gasteiger partial charge is 0.146 e. The molecule has 0 aliphatic rings. The summed E-state index contributed by atoms with van der Waals surface area (Å²) in [5.41, 5.74) is 6.16. The normalized spacial score (nSPS) is 12.7. The van der Waals surface area contributed by atoms with Gasteiger partial charge in [-0.2, -0.15) is 0 Å². The van der Waals surface area contributed by atoms with E-state index in [1.54, 1.807) is 13.0 Å². The Morgan fingerprint density at radius 1 is 1.67 bits per heavy atom. The third-order valence-corrected chi connectivity index (χ3v) is 2.73. The van der Waals surface area contributed by atoms with E-state index in [0.29, 0.717) is 10.2 Å². The molecule has 1 atom stereocenters. The summed E-state index contributed by atoms with van der Waals surface area (Å²) in [6.45, 7) is 1.72. The van der Waals surface area contributed by atoms with Gasteiger partial charge >= 0.3 is 0 Å². The standard InChI is InChI=1S/C10H13BrFNO2/c1-5-3-6(11)9(12)8(7(14)4-13)10(5)15-2/h3,7,14H,4,13H2,1-2H3. The maximum atomic E-state index is 13.7. The second kappa shape index (κ2) is 4.92. The molecule has 0 bridgehead atoms. The molecule has 1 unspecified atom stereocenters. The number of aryl methyl sites for hydroxylation is 1. The summed E-state index contributed by atoms with van der Waals surface area (Å²) in [4.78, 5) is 0. The quantitative estimate of drug-likeness (QED) is 0.887. The first-order valence-electron chi connectivity index (χ1n) is 4.43. The number of hydrogen-bond acceptors (Lipinski definition) is 3. The summed E-state index contributed by atoms with van der Waals surface area (Å²) in [5, 5.41) is 9.61. The Labute approximate surface area is 96.2 Å². The lowest BCUT2D eigenvalue weighted by atomic mass is 10.0. The second-order valence-electron chi connectivity index (χ2n) is 3.19. The van der Waals surface area contributed by atoms with Crippen molar-refractivity contribution in [2.75, 3.05) is 13.7 Å². The van der Waals surface area contributed by atoms with Crippen LogP contribution in [0.4, 0.5) is 4.39 Å². The average Bonchev–Trinajstić information content (AvgIpc) is 2.21. The van der Waals surface area contributed by atoms with Gasteiger partial charge in [0, 0.05) is 6.54 Å². The van der Waals surface area contributed by atoms with Crippen molar-refractivity contribution in [1.29, 1.82) is 0 Å². The first kappa shape index (κ1) is 12.4. The van der Waals surface area contributed by atoms with Gasteiger partial charge in [-0.15, -0.1) is 0 Å². The van der Waals surface area contributed by atoms with E-state index in [1.165, 1.54) is 7.11 Å². The molecule has 1 aromatic carbocycles. The molecular formula is C10H13BrFNO2. The number of aliphatic hydroxyl groups excluding tert-OH is 1. The molecule has 1 rings (SSSR count). The number of hydrogen-bond donors (Lipinski definition) is 2. The Hall–Kier alpha value is -0.650. The summed E-state index contributed by atoms with van der Waals surface area (Å²) in [5.74, 6) is -0.191. The molecule has 0 saturated heterocycles. The van der Waals surface area contributed by atoms with Crippen LogP contribution in [0.1, 0.15) is 17.2 Å². The van der Waals surface area contributed by atoms with Crippen LogP contribution in [-0.2, 0) is 0 Å². The van der Waals surface area contributed by atoms with Gasteiger partial charge in [0.05, 0.1) is 23.2 Å². The fraction of sp³-hybridized carbons (Fsp3) is 0.400. The molecule has 0 aliphatic carbocycles. The largest absolute Gasteiger partial charge is 0.496 e. The number of nitrogens with two attached hydrogens (primary N) is 1. The maximum absolute atomic E-state index is 13.7. The zero-order valence-electron chi connectivity index (χ0n) is 8.55. The van der Waals surface area contributed by atoms with Gasteiger partial charge in [-0.3, -0.25) is 0 Å². The van der Waals surface area contributed by atoms with E-state index < -0.39 is 11.9 Å². The molecule has 0 aromatic heterocycles. The molecule has 0 saturated carbocycles. The number of ether oxygens (including phenoxy) is 1. The van der Waals surface area contributed by atoms with Gasteiger partial charge in [0.2, 0.25) is 0 Å². The van der Waals surface area contributed by atoms with E-state index in [4.69, 9.17) is 10.5 Å². The summed E-state index contributed by atoms with van der Waals surface area (Å²) in [7, 11) is 1.43. The van der Waals surface area contributed by atoms with Crippen LogP contribution in [0.2, 0.25) is 0 Å². The van der Waals surface area contributed by atoms with E-state index in [-0.39, 0.29) is 12.1 Å². The van der Waals surface area contributed by atoms with Crippen LogP contribution in [0.5, 0.6) is 5.75 Å². The number of methoxy groups -OCH3 is 1. The fourth-order valence-electron chi connectivity index (χ4n) is 1.45. The van der Waals surface area contributed by atoms with Gasteiger partial charge in [-0.05, 0) is 34.5 Å². The highest BCUT2D eigenvalue weighted by atomic mass is 79.9. The predicted octanol–water partition coefficient (Wildman–Crippen LogP) is 1.90. The average molecular weight is 278 g/mol. The van der Waals surface area contributed by atoms with Gasteiger partial charge in [0.1, 0.15) is 11.6 Å². The lowest BCUT2D eigenvalue weighted by molar-refractivity contribution is 0.176. The first-order chi connectivity index (χ1) is 7.02. The SMILES string of the molecule is COc1c(C)cc(Br)c(F)c1C(O)CN. The lowest BCUT2D eigenvalue weighted by Gasteiger charge is -2.17. The predicted molar refractivity (Wildman–Crippen MR) is 59.4 cm³/mol. The third kappa shape index (κ3) is 2.30. The molecule has 0 amide bonds. The molecule has 0 fully saturated rings. The minimum absolute atomic E-state index is 0.0524. The molecular weight excluding hydrogens is 265 g/mol. The number of rotatable bonds is 3. The van der Waals surface area contributed by atoms with Crippen LogP contribution >= 0.6 is 15.9 Å². The number of benzene rings is 1. The van der Waals surface area contributed by atoms with Crippen LogP contribution in [0, 0.1) is 12.7 Å². The molecule has 5 heteroatoms. The van der Waals surface area contributed by atoms with Gasteiger partial charge in [0.25, 0.3) is 0 Å². The van der Waals surface area contributed by atoms with Gasteiger partial charge in [-0.25, -0.2) is 4.39 Å². The van der Waals surface area contributed by atoms with Gasteiger partial charge in [0.15, 0.2) is 0 Å². The monoisotopic (exact) mass is 277 g/mol. The maximum Gasteiger partial charge on any atom is 0.146 e. The van der Waals surface area contributed by atoms with Crippen LogP contribution < -0.4 is 10.5 Å². The Morgan fingerprint density at radius 3 is 2.73 bits per heavy atom. The highest BCUT2D eigenvalue weighted by Crippen LogP contribution is 2.35. The van der Waals surface area contributed by atoms with Crippen molar-refractivity contribution in [3.63, 3.8) is 0 Å². The topological polar surface area (TPSA) is 55.5 Å². The van der Waals surface area contributed by atoms with E-state index in [2.05, 4.69) is 15.9 Å². The Morgan fingerprint density at radius 2 is 2.27 bits per heavy atom. The van der Waals surface area contributed by atoms with E-state index >= 15 is 0 Å². The third-order valence-electron chi connectivity index (χ3n) is 2.15. The number of aliphatic hydroxyl groups is 1. The molecule has 3 nitrogen and oxygen atoms in total. The highest BCUT2D eigenvalue weighted by Gasteiger charge is 2.21. The van der Waals surface area contributed by atoms with Crippen molar-refractivity contribution in [3.8, 4) is 5.75 Å². The van der Waals surface area contributed by atoms with Crippen molar-refractivity contribution in [1.82, 2.24) is 0 Å². The molecule has 3 N–H and O–H groups in total. The molecule has 84 valence electrons. The van der Waals surface area contributed by atoms with Crippen molar-refractivity contribution < 1.29 is 14.2 Å².